The summed E-state index contributed by atoms with van der Waals surface area (Å²) in [5.41, 5.74) is 0.990. The molecule has 3 nitrogen and oxygen atoms in total. The van der Waals surface area contributed by atoms with Crippen molar-refractivity contribution in [2.45, 2.75) is 0 Å². The van der Waals surface area contributed by atoms with Crippen LogP contribution in [-0.2, 0) is 0 Å². The molecular weight excluding hydrogens is 245 g/mol. The van der Waals surface area contributed by atoms with Gasteiger partial charge in [0.1, 0.15) is 5.52 Å². The Hall–Kier alpha value is -0.740. The summed E-state index contributed by atoms with van der Waals surface area (Å²) in [6, 6.07) is 3.39. The van der Waals surface area contributed by atoms with Crippen molar-refractivity contribution >= 4 is 38.6 Å². The fourth-order valence-corrected chi connectivity index (χ4v) is 1.50. The van der Waals surface area contributed by atoms with Crippen LogP contribution in [0.2, 0.25) is 5.02 Å². The lowest BCUT2D eigenvalue weighted by Crippen LogP contribution is -1.93. The second-order valence-corrected chi connectivity index (χ2v) is 3.48. The number of oxazole rings is 1. The molecule has 0 saturated carbocycles. The van der Waals surface area contributed by atoms with E-state index in [9.17, 15) is 4.79 Å². The summed E-state index contributed by atoms with van der Waals surface area (Å²) < 4.78 is 5.52. The minimum Gasteiger partial charge on any atom is -0.408 e. The Morgan fingerprint density at radius 3 is 3.00 bits per heavy atom. The standard InChI is InChI=1S/C7H3BrClNO2/c8-3-1-2-4-6(5(3)9)10-7(11)12-4/h1-2H,(H,10,11). The van der Waals surface area contributed by atoms with Crippen LogP contribution in [0, 0.1) is 0 Å². The summed E-state index contributed by atoms with van der Waals surface area (Å²) in [6.07, 6.45) is 0. The average molecular weight is 248 g/mol. The molecular formula is C7H3BrClNO2. The first-order valence-electron chi connectivity index (χ1n) is 3.15. The zero-order valence-electron chi connectivity index (χ0n) is 5.73. The van der Waals surface area contributed by atoms with E-state index in [2.05, 4.69) is 20.9 Å². The van der Waals surface area contributed by atoms with E-state index in [4.69, 9.17) is 16.0 Å². The molecule has 2 rings (SSSR count). The third-order valence-electron chi connectivity index (χ3n) is 1.49. The van der Waals surface area contributed by atoms with Gasteiger partial charge >= 0.3 is 5.76 Å². The molecule has 0 amide bonds. The fraction of sp³-hybridized carbons (Fsp3) is 0. The lowest BCUT2D eigenvalue weighted by atomic mass is 10.3. The lowest BCUT2D eigenvalue weighted by molar-refractivity contribution is 0.555. The van der Waals surface area contributed by atoms with Crippen molar-refractivity contribution in [3.05, 3.63) is 32.2 Å². The molecule has 1 aromatic heterocycles. The van der Waals surface area contributed by atoms with Crippen molar-refractivity contribution < 1.29 is 4.42 Å². The average Bonchev–Trinajstić information content (AvgIpc) is 2.39. The SMILES string of the molecule is O=c1[nH]c2c(Cl)c(Br)ccc2o1. The number of hydrogen-bond donors (Lipinski definition) is 1. The van der Waals surface area contributed by atoms with Gasteiger partial charge in [-0.3, -0.25) is 4.98 Å². The molecule has 12 heavy (non-hydrogen) atoms. The summed E-state index contributed by atoms with van der Waals surface area (Å²) in [5.74, 6) is -0.495. The molecule has 0 unspecified atom stereocenters. The highest BCUT2D eigenvalue weighted by Crippen LogP contribution is 2.28. The summed E-state index contributed by atoms with van der Waals surface area (Å²) in [7, 11) is 0. The summed E-state index contributed by atoms with van der Waals surface area (Å²) in [4.78, 5) is 13.2. The normalized spacial score (nSPS) is 10.8. The first-order valence-corrected chi connectivity index (χ1v) is 4.32. The second-order valence-electron chi connectivity index (χ2n) is 2.25. The third-order valence-corrected chi connectivity index (χ3v) is 2.77. The maximum absolute atomic E-state index is 10.8. The third kappa shape index (κ3) is 1.07. The molecule has 1 aromatic carbocycles. The van der Waals surface area contributed by atoms with E-state index < -0.39 is 5.76 Å². The molecule has 5 heteroatoms. The van der Waals surface area contributed by atoms with E-state index in [-0.39, 0.29) is 0 Å². The van der Waals surface area contributed by atoms with Crippen molar-refractivity contribution in [3.8, 4) is 0 Å². The summed E-state index contributed by atoms with van der Waals surface area (Å²) in [6.45, 7) is 0. The van der Waals surface area contributed by atoms with Crippen molar-refractivity contribution in [1.82, 2.24) is 4.98 Å². The van der Waals surface area contributed by atoms with Gasteiger partial charge in [0, 0.05) is 4.47 Å². The quantitative estimate of drug-likeness (QED) is 0.779. The molecule has 62 valence electrons. The van der Waals surface area contributed by atoms with E-state index in [0.717, 1.165) is 4.47 Å². The number of rotatable bonds is 0. The van der Waals surface area contributed by atoms with Crippen molar-refractivity contribution in [2.24, 2.45) is 0 Å². The van der Waals surface area contributed by atoms with Gasteiger partial charge in [-0.1, -0.05) is 11.6 Å². The van der Waals surface area contributed by atoms with E-state index in [1.807, 2.05) is 0 Å². The number of aromatic amines is 1. The van der Waals surface area contributed by atoms with Gasteiger partial charge in [-0.25, -0.2) is 4.79 Å². The van der Waals surface area contributed by atoms with Crippen LogP contribution in [0.3, 0.4) is 0 Å². The number of fused-ring (bicyclic) bond motifs is 1. The maximum Gasteiger partial charge on any atom is 0.417 e. The Bertz CT molecular complexity index is 488. The Balaban J connectivity index is 2.99. The topological polar surface area (TPSA) is 46.0 Å². The molecule has 0 spiro atoms. The van der Waals surface area contributed by atoms with Gasteiger partial charge < -0.3 is 4.42 Å². The molecule has 0 aliphatic rings. The number of nitrogens with one attached hydrogen (secondary N) is 1. The van der Waals surface area contributed by atoms with Gasteiger partial charge in [-0.15, -0.1) is 0 Å². The molecule has 0 aliphatic carbocycles. The lowest BCUT2D eigenvalue weighted by Gasteiger charge is -1.93. The molecule has 0 radical (unpaired) electrons. The van der Waals surface area contributed by atoms with Crippen molar-refractivity contribution in [1.29, 1.82) is 0 Å². The monoisotopic (exact) mass is 247 g/mol. The summed E-state index contributed by atoms with van der Waals surface area (Å²) >= 11 is 9.09. The van der Waals surface area contributed by atoms with Gasteiger partial charge in [0.05, 0.1) is 5.02 Å². The van der Waals surface area contributed by atoms with Crippen molar-refractivity contribution in [2.75, 3.05) is 0 Å². The minimum absolute atomic E-state index is 0.457. The van der Waals surface area contributed by atoms with E-state index in [1.165, 1.54) is 0 Å². The molecule has 0 fully saturated rings. The molecule has 1 N–H and O–H groups in total. The Morgan fingerprint density at radius 2 is 2.25 bits per heavy atom. The number of halogens is 2. The van der Waals surface area contributed by atoms with Crippen LogP contribution >= 0.6 is 27.5 Å². The highest BCUT2D eigenvalue weighted by molar-refractivity contribution is 9.10. The van der Waals surface area contributed by atoms with Gasteiger partial charge in [0.2, 0.25) is 0 Å². The fourth-order valence-electron chi connectivity index (χ4n) is 0.962. The predicted molar refractivity (Wildman–Crippen MR) is 49.5 cm³/mol. The van der Waals surface area contributed by atoms with Crippen molar-refractivity contribution in [3.63, 3.8) is 0 Å². The number of aromatic nitrogens is 1. The molecule has 0 atom stereocenters. The van der Waals surface area contributed by atoms with Gasteiger partial charge in [0.15, 0.2) is 5.58 Å². The maximum atomic E-state index is 10.8. The highest BCUT2D eigenvalue weighted by atomic mass is 79.9. The largest absolute Gasteiger partial charge is 0.417 e. The minimum atomic E-state index is -0.495. The van der Waals surface area contributed by atoms with Crippen LogP contribution in [-0.4, -0.2) is 4.98 Å². The Morgan fingerprint density at radius 1 is 1.50 bits per heavy atom. The van der Waals surface area contributed by atoms with Crippen LogP contribution in [0.25, 0.3) is 11.1 Å². The van der Waals surface area contributed by atoms with Crippen LogP contribution in [0.15, 0.2) is 25.8 Å². The summed E-state index contributed by atoms with van der Waals surface area (Å²) in [5, 5.41) is 0.457. The molecule has 0 aliphatic heterocycles. The van der Waals surface area contributed by atoms with E-state index in [0.29, 0.717) is 16.1 Å². The molecule has 0 bridgehead atoms. The molecule has 2 aromatic rings. The Labute approximate surface area is 80.5 Å². The first-order chi connectivity index (χ1) is 5.68. The van der Waals surface area contributed by atoms with E-state index in [1.54, 1.807) is 12.1 Å². The smallest absolute Gasteiger partial charge is 0.408 e. The molecule has 0 saturated heterocycles. The van der Waals surface area contributed by atoms with Crippen LogP contribution in [0.5, 0.6) is 0 Å². The van der Waals surface area contributed by atoms with Gasteiger partial charge in [-0.2, -0.15) is 0 Å². The van der Waals surface area contributed by atoms with E-state index >= 15 is 0 Å². The van der Waals surface area contributed by atoms with Crippen LogP contribution < -0.4 is 5.76 Å². The zero-order valence-corrected chi connectivity index (χ0v) is 8.07. The predicted octanol–water partition coefficient (Wildman–Crippen LogP) is 2.54. The van der Waals surface area contributed by atoms with Gasteiger partial charge in [0.25, 0.3) is 0 Å². The van der Waals surface area contributed by atoms with Gasteiger partial charge in [-0.05, 0) is 28.1 Å². The Kier molecular flexibility index (Phi) is 1.73. The number of hydrogen-bond acceptors (Lipinski definition) is 2. The second kappa shape index (κ2) is 2.64. The van der Waals surface area contributed by atoms with Crippen LogP contribution in [0.4, 0.5) is 0 Å². The number of H-pyrrole nitrogens is 1. The first kappa shape index (κ1) is 7.89. The van der Waals surface area contributed by atoms with Crippen LogP contribution in [0.1, 0.15) is 0 Å². The zero-order chi connectivity index (χ0) is 8.72. The highest BCUT2D eigenvalue weighted by Gasteiger charge is 2.07. The number of benzene rings is 1. The molecule has 1 heterocycles.